The van der Waals surface area contributed by atoms with Crippen molar-refractivity contribution in [2.75, 3.05) is 6.54 Å². The van der Waals surface area contributed by atoms with Gasteiger partial charge < -0.3 is 20.6 Å². The van der Waals surface area contributed by atoms with Gasteiger partial charge in [0.05, 0.1) is 12.2 Å². The highest BCUT2D eigenvalue weighted by Crippen LogP contribution is 2.68. The number of nitrogens with one attached hydrogen (secondary N) is 1. The molecule has 0 aromatic rings. The third kappa shape index (κ3) is 4.11. The van der Waals surface area contributed by atoms with Crippen LogP contribution in [0.5, 0.6) is 0 Å². The Kier molecular flexibility index (Phi) is 6.68. The lowest BCUT2D eigenvalue weighted by molar-refractivity contribution is -0.174. The van der Waals surface area contributed by atoms with Crippen LogP contribution in [0.4, 0.5) is 0 Å². The Hall–Kier alpha value is -1.14. The molecule has 4 rings (SSSR count). The molecule has 4 aliphatic rings. The van der Waals surface area contributed by atoms with Crippen molar-refractivity contribution in [3.63, 3.8) is 0 Å². The van der Waals surface area contributed by atoms with Crippen molar-refractivity contribution in [3.8, 4) is 0 Å². The number of rotatable bonds is 6. The van der Waals surface area contributed by atoms with Crippen molar-refractivity contribution in [1.82, 2.24) is 5.32 Å². The molecule has 182 valence electrons. The van der Waals surface area contributed by atoms with Gasteiger partial charge in [-0.05, 0) is 104 Å². The Morgan fingerprint density at radius 2 is 1.69 bits per heavy atom. The standard InChI is InChI=1S/C26H43NO5/c1-15(4-7-22(30)27-14-23(31)32)18-5-6-19-24-20(9-11-26(18,19)3)25(2)10-8-17(28)12-16(25)13-21(24)29/h15-21,24,28-29H,4-14H2,1-3H3,(H,27,30)(H,31,32)/t15-,16+,17-,18-,19+,20+,21?,24+,25+,26-/m1/s1. The van der Waals surface area contributed by atoms with Crippen molar-refractivity contribution in [3.05, 3.63) is 0 Å². The van der Waals surface area contributed by atoms with Crippen LogP contribution >= 0.6 is 0 Å². The van der Waals surface area contributed by atoms with Crippen LogP contribution in [-0.2, 0) is 9.59 Å². The molecule has 4 fully saturated rings. The van der Waals surface area contributed by atoms with E-state index in [1.807, 2.05) is 0 Å². The lowest BCUT2D eigenvalue weighted by Crippen LogP contribution is -2.58. The Bertz CT molecular complexity index is 727. The maximum absolute atomic E-state index is 12.0. The Balaban J connectivity index is 1.44. The lowest BCUT2D eigenvalue weighted by Gasteiger charge is -2.62. The maximum atomic E-state index is 12.0. The van der Waals surface area contributed by atoms with E-state index in [-0.39, 0.29) is 35.5 Å². The van der Waals surface area contributed by atoms with E-state index >= 15 is 0 Å². The molecule has 0 aromatic heterocycles. The van der Waals surface area contributed by atoms with Crippen LogP contribution in [0.1, 0.15) is 85.0 Å². The molecule has 32 heavy (non-hydrogen) atoms. The molecule has 4 N–H and O–H groups in total. The van der Waals surface area contributed by atoms with E-state index in [1.54, 1.807) is 0 Å². The monoisotopic (exact) mass is 449 g/mol. The number of carbonyl (C=O) groups excluding carboxylic acids is 1. The van der Waals surface area contributed by atoms with E-state index in [4.69, 9.17) is 5.11 Å². The SMILES string of the molecule is C[C@H](CCC(=O)NCC(=O)O)[C@H]1CC[C@H]2[C@@H]3C(O)C[C@@H]4C[C@H](O)CC[C@]4(C)[C@H]3CC[C@]12C. The van der Waals surface area contributed by atoms with Gasteiger partial charge in [-0.3, -0.25) is 9.59 Å². The first-order valence-corrected chi connectivity index (χ1v) is 12.9. The highest BCUT2D eigenvalue weighted by atomic mass is 16.4. The summed E-state index contributed by atoms with van der Waals surface area (Å²) in [5.41, 5.74) is 0.451. The average Bonchev–Trinajstić information content (AvgIpc) is 3.09. The van der Waals surface area contributed by atoms with Crippen LogP contribution in [0.25, 0.3) is 0 Å². The third-order valence-corrected chi connectivity index (χ3v) is 10.7. The van der Waals surface area contributed by atoms with Gasteiger partial charge in [0.1, 0.15) is 6.54 Å². The lowest BCUT2D eigenvalue weighted by atomic mass is 9.43. The molecule has 0 saturated heterocycles. The number of hydrogen-bond donors (Lipinski definition) is 4. The summed E-state index contributed by atoms with van der Waals surface area (Å²) in [6.07, 6.45) is 9.06. The Morgan fingerprint density at radius 3 is 2.41 bits per heavy atom. The smallest absolute Gasteiger partial charge is 0.322 e. The number of carbonyl (C=O) groups is 2. The summed E-state index contributed by atoms with van der Waals surface area (Å²) >= 11 is 0. The Labute approximate surface area is 192 Å². The van der Waals surface area contributed by atoms with Crippen LogP contribution < -0.4 is 5.32 Å². The zero-order valence-electron chi connectivity index (χ0n) is 20.1. The van der Waals surface area contributed by atoms with E-state index in [0.29, 0.717) is 41.9 Å². The number of amides is 1. The van der Waals surface area contributed by atoms with Crippen molar-refractivity contribution in [2.45, 2.75) is 97.2 Å². The zero-order valence-corrected chi connectivity index (χ0v) is 20.1. The van der Waals surface area contributed by atoms with Gasteiger partial charge in [0.25, 0.3) is 0 Å². The number of aliphatic carboxylic acids is 1. The van der Waals surface area contributed by atoms with Gasteiger partial charge in [0, 0.05) is 6.42 Å². The van der Waals surface area contributed by atoms with E-state index in [1.165, 1.54) is 12.8 Å². The molecule has 10 atom stereocenters. The first-order chi connectivity index (χ1) is 15.1. The second-order valence-corrected chi connectivity index (χ2v) is 12.1. The molecular weight excluding hydrogens is 406 g/mol. The van der Waals surface area contributed by atoms with Crippen LogP contribution in [-0.4, -0.2) is 45.9 Å². The topological polar surface area (TPSA) is 107 Å². The van der Waals surface area contributed by atoms with Gasteiger partial charge in [0.15, 0.2) is 0 Å². The fourth-order valence-corrected chi connectivity index (χ4v) is 9.00. The van der Waals surface area contributed by atoms with E-state index in [9.17, 15) is 19.8 Å². The number of carboxylic acids is 1. The summed E-state index contributed by atoms with van der Waals surface area (Å²) < 4.78 is 0. The molecule has 0 heterocycles. The molecule has 0 aliphatic heterocycles. The minimum Gasteiger partial charge on any atom is -0.480 e. The summed E-state index contributed by atoms with van der Waals surface area (Å²) in [4.78, 5) is 22.7. The highest BCUT2D eigenvalue weighted by molar-refractivity contribution is 5.81. The van der Waals surface area contributed by atoms with Crippen molar-refractivity contribution in [2.24, 2.45) is 46.3 Å². The molecule has 0 radical (unpaired) electrons. The molecule has 0 spiro atoms. The second kappa shape index (κ2) is 8.90. The minimum absolute atomic E-state index is 0.177. The summed E-state index contributed by atoms with van der Waals surface area (Å²) in [5, 5.41) is 32.8. The number of aliphatic hydroxyl groups is 2. The number of carboxylic acid groups (broad SMARTS) is 1. The summed E-state index contributed by atoms with van der Waals surface area (Å²) in [7, 11) is 0. The quantitative estimate of drug-likeness (QED) is 0.496. The number of hydrogen-bond acceptors (Lipinski definition) is 4. The Morgan fingerprint density at radius 1 is 1.00 bits per heavy atom. The second-order valence-electron chi connectivity index (χ2n) is 12.1. The summed E-state index contributed by atoms with van der Waals surface area (Å²) in [6, 6.07) is 0. The average molecular weight is 450 g/mol. The van der Waals surface area contributed by atoms with Crippen LogP contribution in [0.3, 0.4) is 0 Å². The fourth-order valence-electron chi connectivity index (χ4n) is 9.00. The van der Waals surface area contributed by atoms with Gasteiger partial charge in [-0.15, -0.1) is 0 Å². The summed E-state index contributed by atoms with van der Waals surface area (Å²) in [6.45, 7) is 6.83. The van der Waals surface area contributed by atoms with Gasteiger partial charge in [-0.2, -0.15) is 0 Å². The normalized spacial score (nSPS) is 46.5. The highest BCUT2D eigenvalue weighted by Gasteiger charge is 2.62. The van der Waals surface area contributed by atoms with Crippen molar-refractivity contribution < 1.29 is 24.9 Å². The van der Waals surface area contributed by atoms with Crippen molar-refractivity contribution in [1.29, 1.82) is 0 Å². The van der Waals surface area contributed by atoms with Gasteiger partial charge in [-0.25, -0.2) is 0 Å². The predicted molar refractivity (Wildman–Crippen MR) is 122 cm³/mol. The molecule has 0 bridgehead atoms. The van der Waals surface area contributed by atoms with Gasteiger partial charge >= 0.3 is 5.97 Å². The molecular formula is C26H43NO5. The molecule has 0 aromatic carbocycles. The molecule has 4 saturated carbocycles. The molecule has 6 nitrogen and oxygen atoms in total. The fraction of sp³-hybridized carbons (Fsp3) is 0.923. The predicted octanol–water partition coefficient (Wildman–Crippen LogP) is 3.59. The van der Waals surface area contributed by atoms with Gasteiger partial charge in [-0.1, -0.05) is 20.8 Å². The zero-order chi connectivity index (χ0) is 23.3. The van der Waals surface area contributed by atoms with E-state index in [2.05, 4.69) is 26.1 Å². The van der Waals surface area contributed by atoms with Gasteiger partial charge in [0.2, 0.25) is 5.91 Å². The van der Waals surface area contributed by atoms with Crippen LogP contribution in [0.15, 0.2) is 0 Å². The van der Waals surface area contributed by atoms with Crippen LogP contribution in [0.2, 0.25) is 0 Å². The molecule has 6 heteroatoms. The molecule has 4 aliphatic carbocycles. The largest absolute Gasteiger partial charge is 0.480 e. The summed E-state index contributed by atoms with van der Waals surface area (Å²) in [5.74, 6) is 1.66. The first-order valence-electron chi connectivity index (χ1n) is 12.9. The molecule has 1 amide bonds. The third-order valence-electron chi connectivity index (χ3n) is 10.7. The maximum Gasteiger partial charge on any atom is 0.322 e. The number of aliphatic hydroxyl groups excluding tert-OH is 2. The van der Waals surface area contributed by atoms with E-state index < -0.39 is 5.97 Å². The minimum atomic E-state index is -1.01. The van der Waals surface area contributed by atoms with E-state index in [0.717, 1.165) is 44.9 Å². The van der Waals surface area contributed by atoms with Crippen molar-refractivity contribution >= 4 is 11.9 Å². The molecule has 1 unspecified atom stereocenters. The van der Waals surface area contributed by atoms with Crippen LogP contribution in [0, 0.1) is 46.3 Å². The first kappa shape index (κ1) is 24.0. The number of fused-ring (bicyclic) bond motifs is 5.